The highest BCUT2D eigenvalue weighted by Gasteiger charge is 2.39. The van der Waals surface area contributed by atoms with Crippen molar-refractivity contribution in [2.75, 3.05) is 10.2 Å². The van der Waals surface area contributed by atoms with Crippen molar-refractivity contribution in [3.8, 4) is 44.5 Å². The summed E-state index contributed by atoms with van der Waals surface area (Å²) in [6, 6.07) is 71.8. The quantitative estimate of drug-likeness (QED) is 0.161. The molecule has 1 N–H and O–H groups in total. The number of fused-ring (bicyclic) bond motifs is 5. The maximum Gasteiger partial charge on any atom is 0.198 e. The second kappa shape index (κ2) is 15.6. The molecule has 3 heteroatoms. The van der Waals surface area contributed by atoms with E-state index in [1.54, 1.807) is 0 Å². The summed E-state index contributed by atoms with van der Waals surface area (Å²) in [6.07, 6.45) is 2.35. The van der Waals surface area contributed by atoms with E-state index in [4.69, 9.17) is 0 Å². The van der Waals surface area contributed by atoms with Crippen LogP contribution in [-0.4, -0.2) is 7.28 Å². The smallest absolute Gasteiger partial charge is 0.198 e. The van der Waals surface area contributed by atoms with Gasteiger partial charge in [0.15, 0.2) is 7.28 Å². The van der Waals surface area contributed by atoms with E-state index >= 15 is 0 Å². The van der Waals surface area contributed by atoms with Gasteiger partial charge in [-0.2, -0.15) is 0 Å². The first kappa shape index (κ1) is 39.7. The highest BCUT2D eigenvalue weighted by Crippen LogP contribution is 2.51. The number of nitrogens with one attached hydrogen (secondary N) is 1. The average molecular weight is 825 g/mol. The largest absolute Gasteiger partial charge is 0.355 e. The molecule has 310 valence electrons. The van der Waals surface area contributed by atoms with Crippen molar-refractivity contribution in [1.82, 2.24) is 0 Å². The van der Waals surface area contributed by atoms with E-state index < -0.39 is 0 Å². The Kier molecular flexibility index (Phi) is 9.69. The summed E-state index contributed by atoms with van der Waals surface area (Å²) < 4.78 is 0. The summed E-state index contributed by atoms with van der Waals surface area (Å²) in [5.41, 5.74) is 22.7. The molecule has 2 nitrogen and oxygen atoms in total. The lowest BCUT2D eigenvalue weighted by molar-refractivity contribution is 0.332. The van der Waals surface area contributed by atoms with Crippen LogP contribution in [0.25, 0.3) is 55.3 Å². The molecule has 0 bridgehead atoms. The number of anilines is 5. The standard InChI is InChI=1S/C61H53BN2/c1-40-34-52-53(61(4,5)33-32-60(52,2)3)39-57(40)64-56-31-29-45(42-20-11-7-12-21-42)37-54(56)62-58-51(36-47-24-15-16-27-49(47)59(58)64)50-30-28-46(43-22-13-8-14-23-43)38-55(50)63-48-26-17-25-44(35-48)41-18-9-6-10-19-41/h6-31,34-39,62-63H,32-33H2,1-5H3. The molecule has 0 saturated heterocycles. The molecule has 0 radical (unpaired) electrons. The minimum Gasteiger partial charge on any atom is -0.355 e. The minimum atomic E-state index is 0.0642. The molecule has 9 aromatic rings. The fourth-order valence-corrected chi connectivity index (χ4v) is 10.6. The highest BCUT2D eigenvalue weighted by molar-refractivity contribution is 6.74. The third-order valence-corrected chi connectivity index (χ3v) is 14.2. The second-order valence-corrected chi connectivity index (χ2v) is 19.3. The van der Waals surface area contributed by atoms with Gasteiger partial charge in [0.2, 0.25) is 0 Å². The zero-order valence-electron chi connectivity index (χ0n) is 37.5. The Morgan fingerprint density at radius 3 is 1.70 bits per heavy atom. The predicted molar refractivity (Wildman–Crippen MR) is 277 cm³/mol. The Hall–Kier alpha value is -7.10. The van der Waals surface area contributed by atoms with Crippen molar-refractivity contribution < 1.29 is 0 Å². The van der Waals surface area contributed by atoms with Crippen LogP contribution in [0.2, 0.25) is 0 Å². The van der Waals surface area contributed by atoms with Crippen molar-refractivity contribution in [2.24, 2.45) is 0 Å². The second-order valence-electron chi connectivity index (χ2n) is 19.3. The normalized spacial score (nSPS) is 14.5. The summed E-state index contributed by atoms with van der Waals surface area (Å²) in [5, 5.41) is 6.48. The summed E-state index contributed by atoms with van der Waals surface area (Å²) in [5.74, 6) is 0. The number of nitrogens with zero attached hydrogens (tertiary/aromatic N) is 1. The van der Waals surface area contributed by atoms with Crippen molar-refractivity contribution in [2.45, 2.75) is 58.3 Å². The molecule has 0 aromatic heterocycles. The number of benzene rings is 9. The number of aryl methyl sites for hydroxylation is 1. The molecule has 0 saturated carbocycles. The molecule has 2 aliphatic rings. The van der Waals surface area contributed by atoms with Crippen LogP contribution >= 0.6 is 0 Å². The molecular formula is C61H53BN2. The Labute approximate surface area is 379 Å². The van der Waals surface area contributed by atoms with Crippen molar-refractivity contribution in [3.05, 3.63) is 211 Å². The van der Waals surface area contributed by atoms with E-state index in [0.29, 0.717) is 0 Å². The van der Waals surface area contributed by atoms with Gasteiger partial charge in [-0.15, -0.1) is 0 Å². The topological polar surface area (TPSA) is 15.3 Å². The van der Waals surface area contributed by atoms with Gasteiger partial charge in [-0.3, -0.25) is 0 Å². The molecular weight excluding hydrogens is 771 g/mol. The van der Waals surface area contributed by atoms with Crippen LogP contribution in [0.15, 0.2) is 194 Å². The van der Waals surface area contributed by atoms with Gasteiger partial charge in [-0.05, 0) is 133 Å². The Morgan fingerprint density at radius 1 is 0.469 bits per heavy atom. The van der Waals surface area contributed by atoms with Crippen molar-refractivity contribution >= 4 is 57.4 Å². The summed E-state index contributed by atoms with van der Waals surface area (Å²) >= 11 is 0. The fraction of sp³-hybridized carbons (Fsp3) is 0.148. The molecule has 0 unspecified atom stereocenters. The molecule has 0 amide bonds. The number of rotatable bonds is 7. The van der Waals surface area contributed by atoms with E-state index in [-0.39, 0.29) is 10.8 Å². The summed E-state index contributed by atoms with van der Waals surface area (Å²) in [6.45, 7) is 12.1. The molecule has 0 atom stereocenters. The van der Waals surface area contributed by atoms with Gasteiger partial charge >= 0.3 is 0 Å². The van der Waals surface area contributed by atoms with Crippen LogP contribution in [-0.2, 0) is 10.8 Å². The van der Waals surface area contributed by atoms with E-state index in [0.717, 1.165) is 18.7 Å². The zero-order valence-corrected chi connectivity index (χ0v) is 37.5. The van der Waals surface area contributed by atoms with E-state index in [1.165, 1.54) is 113 Å². The molecule has 0 fully saturated rings. The SMILES string of the molecule is Cc1cc2c(cc1N1c3ccc(-c4ccccc4)cc3Bc3c(-c4ccc(-c5ccccc5)cc4Nc4cccc(-c5ccccc5)c4)cc4ccccc4c31)C(C)(C)CCC2(C)C. The van der Waals surface area contributed by atoms with Crippen LogP contribution in [0.5, 0.6) is 0 Å². The van der Waals surface area contributed by atoms with Crippen LogP contribution in [0.1, 0.15) is 57.2 Å². The number of hydrogen-bond acceptors (Lipinski definition) is 2. The van der Waals surface area contributed by atoms with E-state index in [9.17, 15) is 0 Å². The maximum atomic E-state index is 3.99. The van der Waals surface area contributed by atoms with E-state index in [2.05, 4.69) is 239 Å². The van der Waals surface area contributed by atoms with Crippen LogP contribution in [0.3, 0.4) is 0 Å². The van der Waals surface area contributed by atoms with Gasteiger partial charge in [-0.25, -0.2) is 0 Å². The first-order valence-electron chi connectivity index (χ1n) is 22.9. The van der Waals surface area contributed by atoms with Gasteiger partial charge in [0.1, 0.15) is 0 Å². The third kappa shape index (κ3) is 7.01. The van der Waals surface area contributed by atoms with Crippen molar-refractivity contribution in [1.29, 1.82) is 0 Å². The summed E-state index contributed by atoms with van der Waals surface area (Å²) in [4.78, 5) is 2.64. The monoisotopic (exact) mass is 824 g/mol. The van der Waals surface area contributed by atoms with Crippen LogP contribution in [0.4, 0.5) is 28.4 Å². The van der Waals surface area contributed by atoms with Crippen molar-refractivity contribution in [3.63, 3.8) is 0 Å². The Balaban J connectivity index is 1.17. The molecule has 64 heavy (non-hydrogen) atoms. The zero-order chi connectivity index (χ0) is 43.6. The molecule has 11 rings (SSSR count). The lowest BCUT2D eigenvalue weighted by Gasteiger charge is -2.44. The lowest BCUT2D eigenvalue weighted by Crippen LogP contribution is -2.41. The van der Waals surface area contributed by atoms with Gasteiger partial charge in [0, 0.05) is 39.4 Å². The molecule has 0 spiro atoms. The first-order chi connectivity index (χ1) is 31.1. The maximum absolute atomic E-state index is 3.99. The molecule has 9 aromatic carbocycles. The average Bonchev–Trinajstić information content (AvgIpc) is 3.33. The number of hydrogen-bond donors (Lipinski definition) is 1. The first-order valence-corrected chi connectivity index (χ1v) is 22.9. The van der Waals surface area contributed by atoms with E-state index in [1.807, 2.05) is 0 Å². The van der Waals surface area contributed by atoms with Gasteiger partial charge < -0.3 is 10.2 Å². The Morgan fingerprint density at radius 2 is 1.03 bits per heavy atom. The lowest BCUT2D eigenvalue weighted by atomic mass is 9.57. The summed E-state index contributed by atoms with van der Waals surface area (Å²) in [7, 11) is 0.799. The molecule has 1 aliphatic heterocycles. The highest BCUT2D eigenvalue weighted by atomic mass is 15.2. The Bertz CT molecular complexity index is 3220. The van der Waals surface area contributed by atoms with Gasteiger partial charge in [-0.1, -0.05) is 191 Å². The fourth-order valence-electron chi connectivity index (χ4n) is 10.6. The van der Waals surface area contributed by atoms with Gasteiger partial charge in [0.05, 0.1) is 0 Å². The predicted octanol–water partition coefficient (Wildman–Crippen LogP) is 15.1. The molecule has 1 heterocycles. The van der Waals surface area contributed by atoms with Crippen LogP contribution < -0.4 is 21.1 Å². The minimum absolute atomic E-state index is 0.0642. The molecule has 1 aliphatic carbocycles. The van der Waals surface area contributed by atoms with Crippen LogP contribution in [0, 0.1) is 6.92 Å². The van der Waals surface area contributed by atoms with Gasteiger partial charge in [0.25, 0.3) is 0 Å². The third-order valence-electron chi connectivity index (χ3n) is 14.2.